The summed E-state index contributed by atoms with van der Waals surface area (Å²) >= 11 is 1.58. The van der Waals surface area contributed by atoms with Crippen LogP contribution in [0, 0.1) is 6.92 Å². The summed E-state index contributed by atoms with van der Waals surface area (Å²) in [6.07, 6.45) is -4.37. The highest BCUT2D eigenvalue weighted by Gasteiger charge is 2.28. The quantitative estimate of drug-likeness (QED) is 0.609. The maximum absolute atomic E-state index is 12.4. The number of alkyl halides is 3. The predicted molar refractivity (Wildman–Crippen MR) is 96.5 cm³/mol. The van der Waals surface area contributed by atoms with Gasteiger partial charge in [0.05, 0.1) is 17.2 Å². The highest BCUT2D eigenvalue weighted by atomic mass is 32.1. The van der Waals surface area contributed by atoms with Crippen molar-refractivity contribution in [2.75, 3.05) is 20.7 Å². The summed E-state index contributed by atoms with van der Waals surface area (Å²) in [6, 6.07) is 6.63. The Bertz CT molecular complexity index is 746. The number of aliphatic imine (C=N–C) groups is 1. The second kappa shape index (κ2) is 8.88. The van der Waals surface area contributed by atoms with Crippen LogP contribution in [0.15, 0.2) is 34.6 Å². The molecule has 0 atom stereocenters. The Morgan fingerprint density at radius 2 is 2.08 bits per heavy atom. The number of guanidine groups is 1. The lowest BCUT2D eigenvalue weighted by Gasteiger charge is -2.22. The number of benzene rings is 1. The van der Waals surface area contributed by atoms with Gasteiger partial charge in [-0.3, -0.25) is 4.99 Å². The van der Waals surface area contributed by atoms with E-state index in [1.54, 1.807) is 36.6 Å². The van der Waals surface area contributed by atoms with Crippen LogP contribution in [0.25, 0.3) is 0 Å². The molecule has 5 nitrogen and oxygen atoms in total. The molecule has 1 aromatic carbocycles. The fourth-order valence-corrected chi connectivity index (χ4v) is 2.91. The van der Waals surface area contributed by atoms with Crippen molar-refractivity contribution in [3.05, 3.63) is 45.9 Å². The number of rotatable bonds is 6. The third-order valence-electron chi connectivity index (χ3n) is 3.44. The standard InChI is InChI=1S/C17H21F3N4OS/c1-12-23-14(10-26-12)9-24(3)16(21-2)22-8-13-6-4-5-7-15(13)25-11-17(18,19)20/h4-7,10H,8-9,11H2,1-3H3,(H,21,22). The highest BCUT2D eigenvalue weighted by molar-refractivity contribution is 7.09. The summed E-state index contributed by atoms with van der Waals surface area (Å²) in [4.78, 5) is 10.5. The van der Waals surface area contributed by atoms with Gasteiger partial charge in [0.25, 0.3) is 0 Å². The number of aromatic nitrogens is 1. The van der Waals surface area contributed by atoms with Crippen LogP contribution in [0.1, 0.15) is 16.3 Å². The first-order chi connectivity index (χ1) is 12.3. The molecular weight excluding hydrogens is 365 g/mol. The van der Waals surface area contributed by atoms with E-state index >= 15 is 0 Å². The van der Waals surface area contributed by atoms with E-state index in [0.29, 0.717) is 24.6 Å². The first kappa shape index (κ1) is 20.0. The number of thiazole rings is 1. The highest BCUT2D eigenvalue weighted by Crippen LogP contribution is 2.22. The molecule has 26 heavy (non-hydrogen) atoms. The van der Waals surface area contributed by atoms with Gasteiger partial charge in [-0.2, -0.15) is 13.2 Å². The Kier molecular flexibility index (Phi) is 6.84. The normalized spacial score (nSPS) is 12.2. The number of hydrogen-bond acceptors (Lipinski definition) is 4. The molecule has 0 fully saturated rings. The molecule has 1 N–H and O–H groups in total. The number of nitrogens with one attached hydrogen (secondary N) is 1. The van der Waals surface area contributed by atoms with Gasteiger partial charge in [-0.1, -0.05) is 18.2 Å². The van der Waals surface area contributed by atoms with Crippen molar-refractivity contribution >= 4 is 17.3 Å². The van der Waals surface area contributed by atoms with Crippen LogP contribution < -0.4 is 10.1 Å². The number of halogens is 3. The second-order valence-electron chi connectivity index (χ2n) is 5.63. The molecule has 2 aromatic rings. The topological polar surface area (TPSA) is 49.8 Å². The number of ether oxygens (including phenoxy) is 1. The van der Waals surface area contributed by atoms with Crippen molar-refractivity contribution in [3.63, 3.8) is 0 Å². The van der Waals surface area contributed by atoms with E-state index in [-0.39, 0.29) is 5.75 Å². The molecule has 9 heteroatoms. The smallest absolute Gasteiger partial charge is 0.422 e. The lowest BCUT2D eigenvalue weighted by Crippen LogP contribution is -2.38. The predicted octanol–water partition coefficient (Wildman–Crippen LogP) is 3.60. The van der Waals surface area contributed by atoms with Crippen LogP contribution in [0.4, 0.5) is 13.2 Å². The largest absolute Gasteiger partial charge is 0.484 e. The van der Waals surface area contributed by atoms with E-state index in [1.807, 2.05) is 24.3 Å². The molecule has 0 bridgehead atoms. The molecule has 142 valence electrons. The summed E-state index contributed by atoms with van der Waals surface area (Å²) in [5.41, 5.74) is 1.56. The van der Waals surface area contributed by atoms with Gasteiger partial charge in [0, 0.05) is 31.6 Å². The van der Waals surface area contributed by atoms with Gasteiger partial charge in [-0.15, -0.1) is 11.3 Å². The van der Waals surface area contributed by atoms with Gasteiger partial charge in [0.2, 0.25) is 0 Å². The minimum atomic E-state index is -4.37. The molecule has 0 saturated carbocycles. The fraction of sp³-hybridized carbons (Fsp3) is 0.412. The molecule has 0 aliphatic heterocycles. The molecule has 0 unspecified atom stereocenters. The molecule has 2 rings (SSSR count). The SMILES string of the molecule is CN=C(NCc1ccccc1OCC(F)(F)F)N(C)Cc1csc(C)n1. The fourth-order valence-electron chi connectivity index (χ4n) is 2.31. The minimum Gasteiger partial charge on any atom is -0.484 e. The van der Waals surface area contributed by atoms with E-state index in [0.717, 1.165) is 10.7 Å². The van der Waals surface area contributed by atoms with Gasteiger partial charge in [-0.25, -0.2) is 4.98 Å². The number of nitrogens with zero attached hydrogens (tertiary/aromatic N) is 3. The summed E-state index contributed by atoms with van der Waals surface area (Å²) in [5.74, 6) is 0.812. The Morgan fingerprint density at radius 3 is 2.69 bits per heavy atom. The Morgan fingerprint density at radius 1 is 1.35 bits per heavy atom. The van der Waals surface area contributed by atoms with Gasteiger partial charge < -0.3 is 15.0 Å². The molecular formula is C17H21F3N4OS. The summed E-state index contributed by atoms with van der Waals surface area (Å²) < 4.78 is 42.1. The zero-order valence-corrected chi connectivity index (χ0v) is 15.6. The Balaban J connectivity index is 1.97. The van der Waals surface area contributed by atoms with Gasteiger partial charge >= 0.3 is 6.18 Å². The third kappa shape index (κ3) is 6.21. The summed E-state index contributed by atoms with van der Waals surface area (Å²) in [5, 5.41) is 6.12. The van der Waals surface area contributed by atoms with Gasteiger partial charge in [-0.05, 0) is 13.0 Å². The first-order valence-corrected chi connectivity index (χ1v) is 8.76. The van der Waals surface area contributed by atoms with Crippen LogP contribution in [0.2, 0.25) is 0 Å². The van der Waals surface area contributed by atoms with Crippen LogP contribution in [-0.4, -0.2) is 42.7 Å². The Hall–Kier alpha value is -2.29. The second-order valence-corrected chi connectivity index (χ2v) is 6.69. The van der Waals surface area contributed by atoms with E-state index in [4.69, 9.17) is 4.74 Å². The molecule has 1 aromatic heterocycles. The van der Waals surface area contributed by atoms with Crippen molar-refractivity contribution in [3.8, 4) is 5.75 Å². The zero-order chi connectivity index (χ0) is 19.2. The molecule has 0 spiro atoms. The van der Waals surface area contributed by atoms with Crippen LogP contribution >= 0.6 is 11.3 Å². The number of hydrogen-bond donors (Lipinski definition) is 1. The zero-order valence-electron chi connectivity index (χ0n) is 14.8. The molecule has 0 saturated heterocycles. The maximum atomic E-state index is 12.4. The van der Waals surface area contributed by atoms with Crippen molar-refractivity contribution < 1.29 is 17.9 Å². The van der Waals surface area contributed by atoms with Crippen LogP contribution in [0.5, 0.6) is 5.75 Å². The molecule has 0 radical (unpaired) electrons. The van der Waals surface area contributed by atoms with Crippen LogP contribution in [-0.2, 0) is 13.1 Å². The Labute approximate surface area is 154 Å². The van der Waals surface area contributed by atoms with E-state index in [1.165, 1.54) is 6.07 Å². The molecule has 0 aliphatic rings. The summed E-state index contributed by atoms with van der Waals surface area (Å²) in [6.45, 7) is 1.50. The summed E-state index contributed by atoms with van der Waals surface area (Å²) in [7, 11) is 3.52. The van der Waals surface area contributed by atoms with E-state index in [9.17, 15) is 13.2 Å². The van der Waals surface area contributed by atoms with Crippen molar-refractivity contribution in [2.45, 2.75) is 26.2 Å². The number of aryl methyl sites for hydroxylation is 1. The average Bonchev–Trinajstić information content (AvgIpc) is 2.98. The monoisotopic (exact) mass is 386 g/mol. The third-order valence-corrected chi connectivity index (χ3v) is 4.26. The van der Waals surface area contributed by atoms with Crippen molar-refractivity contribution in [1.82, 2.24) is 15.2 Å². The first-order valence-electron chi connectivity index (χ1n) is 7.88. The van der Waals surface area contributed by atoms with Crippen molar-refractivity contribution in [1.29, 1.82) is 0 Å². The van der Waals surface area contributed by atoms with Crippen LogP contribution in [0.3, 0.4) is 0 Å². The van der Waals surface area contributed by atoms with Crippen molar-refractivity contribution in [2.24, 2.45) is 4.99 Å². The van der Waals surface area contributed by atoms with E-state index < -0.39 is 12.8 Å². The molecule has 0 amide bonds. The lowest BCUT2D eigenvalue weighted by molar-refractivity contribution is -0.153. The average molecular weight is 386 g/mol. The van der Waals surface area contributed by atoms with E-state index in [2.05, 4.69) is 15.3 Å². The minimum absolute atomic E-state index is 0.200. The molecule has 1 heterocycles. The number of para-hydroxylation sites is 1. The maximum Gasteiger partial charge on any atom is 0.422 e. The van der Waals surface area contributed by atoms with Gasteiger partial charge in [0.15, 0.2) is 12.6 Å². The lowest BCUT2D eigenvalue weighted by atomic mass is 10.2. The van der Waals surface area contributed by atoms with Gasteiger partial charge in [0.1, 0.15) is 5.75 Å². The molecule has 0 aliphatic carbocycles.